The third-order valence-electron chi connectivity index (χ3n) is 4.15. The lowest BCUT2D eigenvalue weighted by atomic mass is 10.0. The largest absolute Gasteiger partial charge is 0.351 e. The molecular formula is C20H21ClF2N2O2. The van der Waals surface area contributed by atoms with Gasteiger partial charge in [0.2, 0.25) is 5.91 Å². The van der Waals surface area contributed by atoms with Crippen LogP contribution in [0.25, 0.3) is 0 Å². The van der Waals surface area contributed by atoms with Crippen molar-refractivity contribution in [1.82, 2.24) is 5.32 Å². The van der Waals surface area contributed by atoms with E-state index in [1.807, 2.05) is 26.0 Å². The fourth-order valence-corrected chi connectivity index (χ4v) is 3.02. The number of hydrogen-bond donors (Lipinski definition) is 2. The lowest BCUT2D eigenvalue weighted by molar-refractivity contribution is -0.116. The Labute approximate surface area is 161 Å². The number of aryl methyl sites for hydroxylation is 1. The molecule has 0 aliphatic rings. The zero-order chi connectivity index (χ0) is 20.0. The summed E-state index contributed by atoms with van der Waals surface area (Å²) < 4.78 is 26.5. The molecule has 2 aromatic rings. The summed E-state index contributed by atoms with van der Waals surface area (Å²) in [6.07, 6.45) is 1.41. The topological polar surface area (TPSA) is 58.2 Å². The molecule has 0 aliphatic carbocycles. The average Bonchev–Trinajstić information content (AvgIpc) is 2.62. The van der Waals surface area contributed by atoms with E-state index in [0.717, 1.165) is 29.7 Å². The molecule has 27 heavy (non-hydrogen) atoms. The van der Waals surface area contributed by atoms with E-state index in [2.05, 4.69) is 10.6 Å². The maximum atomic E-state index is 13.6. The Morgan fingerprint density at radius 2 is 1.81 bits per heavy atom. The van der Waals surface area contributed by atoms with Gasteiger partial charge < -0.3 is 10.6 Å². The molecule has 0 bridgehead atoms. The van der Waals surface area contributed by atoms with E-state index in [1.54, 1.807) is 0 Å². The van der Waals surface area contributed by atoms with Gasteiger partial charge in [-0.15, -0.1) is 0 Å². The van der Waals surface area contributed by atoms with Gasteiger partial charge in [0, 0.05) is 29.7 Å². The van der Waals surface area contributed by atoms with Crippen LogP contribution in [0.2, 0.25) is 5.02 Å². The Hall–Kier alpha value is -2.47. The van der Waals surface area contributed by atoms with Crippen LogP contribution < -0.4 is 10.6 Å². The number of nitrogens with one attached hydrogen (secondary N) is 2. The number of anilines is 1. The molecule has 4 nitrogen and oxygen atoms in total. The van der Waals surface area contributed by atoms with Crippen molar-refractivity contribution >= 4 is 29.1 Å². The molecule has 0 radical (unpaired) electrons. The summed E-state index contributed by atoms with van der Waals surface area (Å²) in [5.41, 5.74) is 2.27. The molecule has 2 rings (SSSR count). The summed E-state index contributed by atoms with van der Waals surface area (Å²) in [5, 5.41) is 5.90. The first-order valence-electron chi connectivity index (χ1n) is 8.70. The molecule has 2 N–H and O–H groups in total. The van der Waals surface area contributed by atoms with Crippen molar-refractivity contribution < 1.29 is 18.4 Å². The summed E-state index contributed by atoms with van der Waals surface area (Å²) >= 11 is 6.21. The number of amides is 2. The van der Waals surface area contributed by atoms with E-state index in [-0.39, 0.29) is 24.4 Å². The number of benzene rings is 2. The Morgan fingerprint density at radius 3 is 2.44 bits per heavy atom. The number of halogens is 3. The fourth-order valence-electron chi connectivity index (χ4n) is 2.73. The first kappa shape index (κ1) is 20.8. The molecule has 2 aromatic carbocycles. The summed E-state index contributed by atoms with van der Waals surface area (Å²) in [7, 11) is 0. The van der Waals surface area contributed by atoms with Crippen molar-refractivity contribution in [2.24, 2.45) is 0 Å². The van der Waals surface area contributed by atoms with Gasteiger partial charge in [-0.05, 0) is 42.2 Å². The second-order valence-corrected chi connectivity index (χ2v) is 6.35. The molecule has 0 heterocycles. The highest BCUT2D eigenvalue weighted by atomic mass is 35.5. The Bertz CT molecular complexity index is 856. The van der Waals surface area contributed by atoms with Gasteiger partial charge in [-0.2, -0.15) is 0 Å². The molecule has 0 atom stereocenters. The normalized spacial score (nSPS) is 10.6. The van der Waals surface area contributed by atoms with Crippen molar-refractivity contribution in [2.75, 3.05) is 11.9 Å². The van der Waals surface area contributed by atoms with Gasteiger partial charge in [0.15, 0.2) is 0 Å². The van der Waals surface area contributed by atoms with Crippen LogP contribution in [-0.2, 0) is 17.6 Å². The van der Waals surface area contributed by atoms with Crippen LogP contribution in [-0.4, -0.2) is 18.4 Å². The van der Waals surface area contributed by atoms with E-state index in [9.17, 15) is 18.4 Å². The predicted molar refractivity (Wildman–Crippen MR) is 102 cm³/mol. The molecule has 0 aliphatic heterocycles. The maximum Gasteiger partial charge on any atom is 0.254 e. The molecular weight excluding hydrogens is 374 g/mol. The van der Waals surface area contributed by atoms with Crippen LogP contribution in [0.3, 0.4) is 0 Å². The smallest absolute Gasteiger partial charge is 0.254 e. The quantitative estimate of drug-likeness (QED) is 0.726. The first-order chi connectivity index (χ1) is 12.9. The van der Waals surface area contributed by atoms with E-state index in [4.69, 9.17) is 11.6 Å². The highest BCUT2D eigenvalue weighted by Crippen LogP contribution is 2.29. The zero-order valence-electron chi connectivity index (χ0n) is 15.2. The minimum absolute atomic E-state index is 0.00732. The minimum atomic E-state index is -0.948. The van der Waals surface area contributed by atoms with Crippen LogP contribution in [0.1, 0.15) is 41.8 Å². The molecule has 0 unspecified atom stereocenters. The predicted octanol–water partition coefficient (Wildman–Crippen LogP) is 4.50. The Balaban J connectivity index is 1.97. The number of carbonyl (C=O) groups is 2. The van der Waals surface area contributed by atoms with Crippen molar-refractivity contribution in [2.45, 2.75) is 33.1 Å². The van der Waals surface area contributed by atoms with E-state index in [1.165, 1.54) is 0 Å². The van der Waals surface area contributed by atoms with E-state index in [0.29, 0.717) is 23.2 Å². The molecule has 144 valence electrons. The van der Waals surface area contributed by atoms with Crippen LogP contribution in [0.4, 0.5) is 14.5 Å². The third-order valence-corrected chi connectivity index (χ3v) is 4.51. The van der Waals surface area contributed by atoms with Crippen LogP contribution >= 0.6 is 11.6 Å². The van der Waals surface area contributed by atoms with Gasteiger partial charge in [-0.3, -0.25) is 9.59 Å². The van der Waals surface area contributed by atoms with Gasteiger partial charge in [-0.1, -0.05) is 31.5 Å². The van der Waals surface area contributed by atoms with Crippen molar-refractivity contribution in [3.63, 3.8) is 0 Å². The molecule has 0 spiro atoms. The van der Waals surface area contributed by atoms with Gasteiger partial charge in [0.25, 0.3) is 5.91 Å². The third kappa shape index (κ3) is 5.26. The second kappa shape index (κ2) is 9.46. The molecule has 0 fully saturated rings. The average molecular weight is 395 g/mol. The molecule has 0 aromatic heterocycles. The van der Waals surface area contributed by atoms with Gasteiger partial charge in [-0.25, -0.2) is 8.78 Å². The maximum absolute atomic E-state index is 13.6. The summed E-state index contributed by atoms with van der Waals surface area (Å²) in [6, 6.07) is 6.39. The van der Waals surface area contributed by atoms with E-state index >= 15 is 0 Å². The summed E-state index contributed by atoms with van der Waals surface area (Å²) in [5.74, 6) is -2.70. The first-order valence-corrected chi connectivity index (χ1v) is 9.08. The fraction of sp³-hybridized carbons (Fsp3) is 0.300. The van der Waals surface area contributed by atoms with Crippen molar-refractivity contribution in [3.8, 4) is 0 Å². The van der Waals surface area contributed by atoms with Gasteiger partial charge >= 0.3 is 0 Å². The SMILES string of the molecule is CCc1ccc(Cl)c(CC)c1NC(=O)CCNC(=O)c1ccc(F)cc1F. The molecule has 7 heteroatoms. The molecule has 2 amide bonds. The van der Waals surface area contributed by atoms with Gasteiger partial charge in [0.05, 0.1) is 5.56 Å². The zero-order valence-corrected chi connectivity index (χ0v) is 15.9. The van der Waals surface area contributed by atoms with Gasteiger partial charge in [0.1, 0.15) is 11.6 Å². The highest BCUT2D eigenvalue weighted by Gasteiger charge is 2.15. The molecule has 0 saturated heterocycles. The second-order valence-electron chi connectivity index (χ2n) is 5.95. The van der Waals surface area contributed by atoms with Crippen molar-refractivity contribution in [1.29, 1.82) is 0 Å². The van der Waals surface area contributed by atoms with E-state index < -0.39 is 17.5 Å². The number of hydrogen-bond acceptors (Lipinski definition) is 2. The Morgan fingerprint density at radius 1 is 1.07 bits per heavy atom. The summed E-state index contributed by atoms with van der Waals surface area (Å²) in [4.78, 5) is 24.2. The molecule has 0 saturated carbocycles. The standard InChI is InChI=1S/C20H21ClF2N2O2/c1-3-12-5-8-16(21)14(4-2)19(12)25-18(26)9-10-24-20(27)15-7-6-13(22)11-17(15)23/h5-8,11H,3-4,9-10H2,1-2H3,(H,24,27)(H,25,26). The monoisotopic (exact) mass is 394 g/mol. The summed E-state index contributed by atoms with van der Waals surface area (Å²) in [6.45, 7) is 3.95. The van der Waals surface area contributed by atoms with Crippen molar-refractivity contribution in [3.05, 3.63) is 63.7 Å². The lowest BCUT2D eigenvalue weighted by Gasteiger charge is -2.16. The highest BCUT2D eigenvalue weighted by molar-refractivity contribution is 6.32. The number of carbonyl (C=O) groups excluding carboxylic acids is 2. The van der Waals surface area contributed by atoms with Crippen LogP contribution in [0.15, 0.2) is 30.3 Å². The minimum Gasteiger partial charge on any atom is -0.351 e. The Kier molecular flexibility index (Phi) is 7.30. The lowest BCUT2D eigenvalue weighted by Crippen LogP contribution is -2.28. The van der Waals surface area contributed by atoms with Crippen LogP contribution in [0.5, 0.6) is 0 Å². The van der Waals surface area contributed by atoms with Crippen LogP contribution in [0, 0.1) is 11.6 Å². The number of rotatable bonds is 7.